The topological polar surface area (TPSA) is 139 Å². The maximum atomic E-state index is 9.93. The summed E-state index contributed by atoms with van der Waals surface area (Å²) in [6.07, 6.45) is -2.26. The number of anilines is 1. The fraction of sp³-hybridized carbons (Fsp3) is 0.364. The highest BCUT2D eigenvalue weighted by Crippen LogP contribution is 2.24. The number of rotatable bonds is 5. The highest BCUT2D eigenvalue weighted by Gasteiger charge is 2.21. The summed E-state index contributed by atoms with van der Waals surface area (Å²) in [6.45, 7) is 0.0684. The van der Waals surface area contributed by atoms with Crippen LogP contribution in [0, 0.1) is 11.3 Å². The van der Waals surface area contributed by atoms with Gasteiger partial charge < -0.3 is 15.9 Å². The number of benzene rings is 1. The maximum Gasteiger partial charge on any atom is 0.106 e. The summed E-state index contributed by atoms with van der Waals surface area (Å²) in [7, 11) is 0. The fourth-order valence-corrected chi connectivity index (χ4v) is 1.53. The number of nitrogen functional groups attached to an aromatic ring is 1. The number of aliphatic hydroxyl groups is 2. The molecule has 18 heavy (non-hydrogen) atoms. The predicted octanol–water partition coefficient (Wildman–Crippen LogP) is 1.24. The van der Waals surface area contributed by atoms with Gasteiger partial charge >= 0.3 is 0 Å². The van der Waals surface area contributed by atoms with Crippen molar-refractivity contribution in [2.75, 3.05) is 12.3 Å². The number of nitrogens with two attached hydrogens (primary N) is 1. The smallest absolute Gasteiger partial charge is 0.106 e. The van der Waals surface area contributed by atoms with Crippen molar-refractivity contribution in [1.29, 1.82) is 5.26 Å². The molecule has 2 atom stereocenters. The number of nitrogens with zero attached hydrogens (tertiary/aromatic N) is 4. The lowest BCUT2D eigenvalue weighted by Gasteiger charge is -2.18. The van der Waals surface area contributed by atoms with Gasteiger partial charge in [-0.25, -0.2) is 0 Å². The van der Waals surface area contributed by atoms with E-state index in [1.165, 1.54) is 12.1 Å². The van der Waals surface area contributed by atoms with E-state index < -0.39 is 12.2 Å². The third kappa shape index (κ3) is 3.37. The lowest BCUT2D eigenvalue weighted by Crippen LogP contribution is -2.20. The third-order valence-corrected chi connectivity index (χ3v) is 2.47. The summed E-state index contributed by atoms with van der Waals surface area (Å²) >= 11 is 0. The molecule has 0 spiro atoms. The molecule has 0 fully saturated rings. The fourth-order valence-electron chi connectivity index (χ4n) is 1.53. The number of hydrogen-bond acceptors (Lipinski definition) is 5. The number of hydrogen-bond donors (Lipinski definition) is 3. The van der Waals surface area contributed by atoms with Crippen LogP contribution in [0.1, 0.15) is 23.7 Å². The van der Waals surface area contributed by atoms with Crippen molar-refractivity contribution in [2.24, 2.45) is 5.11 Å². The predicted molar refractivity (Wildman–Crippen MR) is 65.2 cm³/mol. The summed E-state index contributed by atoms with van der Waals surface area (Å²) in [5.74, 6) is 0. The minimum Gasteiger partial charge on any atom is -0.399 e. The first-order chi connectivity index (χ1) is 8.60. The van der Waals surface area contributed by atoms with Gasteiger partial charge in [-0.05, 0) is 30.2 Å². The molecule has 7 nitrogen and oxygen atoms in total. The standard InChI is InChI=1S/C11H13N5O2/c12-6-7-1-2-8(13)5-9(7)11(18)10(17)3-4-15-16-14/h1-2,5,10-11,17-18H,3-4,13H2. The van der Waals surface area contributed by atoms with E-state index in [1.54, 1.807) is 6.07 Å². The first kappa shape index (κ1) is 13.8. The van der Waals surface area contributed by atoms with Crippen LogP contribution in [0.3, 0.4) is 0 Å². The van der Waals surface area contributed by atoms with Gasteiger partial charge in [-0.3, -0.25) is 0 Å². The van der Waals surface area contributed by atoms with Gasteiger partial charge in [0.05, 0.1) is 17.7 Å². The van der Waals surface area contributed by atoms with Crippen molar-refractivity contribution in [2.45, 2.75) is 18.6 Å². The van der Waals surface area contributed by atoms with Gasteiger partial charge in [0.15, 0.2) is 0 Å². The second-order valence-electron chi connectivity index (χ2n) is 3.71. The average molecular weight is 247 g/mol. The molecule has 94 valence electrons. The molecule has 1 rings (SSSR count). The maximum absolute atomic E-state index is 9.93. The molecule has 0 aliphatic carbocycles. The van der Waals surface area contributed by atoms with Crippen LogP contribution < -0.4 is 5.73 Å². The third-order valence-electron chi connectivity index (χ3n) is 2.47. The molecule has 0 heterocycles. The van der Waals surface area contributed by atoms with E-state index in [2.05, 4.69) is 10.0 Å². The van der Waals surface area contributed by atoms with Gasteiger partial charge in [0.25, 0.3) is 0 Å². The van der Waals surface area contributed by atoms with E-state index in [0.717, 1.165) is 0 Å². The zero-order valence-electron chi connectivity index (χ0n) is 9.56. The van der Waals surface area contributed by atoms with Crippen LogP contribution in [0.5, 0.6) is 0 Å². The largest absolute Gasteiger partial charge is 0.399 e. The average Bonchev–Trinajstić information content (AvgIpc) is 2.38. The van der Waals surface area contributed by atoms with Gasteiger partial charge in [0.2, 0.25) is 0 Å². The molecular weight excluding hydrogens is 234 g/mol. The second kappa shape index (κ2) is 6.47. The Kier molecular flexibility index (Phi) is 4.96. The zero-order valence-corrected chi connectivity index (χ0v) is 9.56. The summed E-state index contributed by atoms with van der Waals surface area (Å²) in [4.78, 5) is 2.55. The second-order valence-corrected chi connectivity index (χ2v) is 3.71. The SMILES string of the molecule is N#Cc1ccc(N)cc1C(O)C(O)CCN=[N+]=[N-]. The lowest BCUT2D eigenvalue weighted by atomic mass is 9.97. The zero-order chi connectivity index (χ0) is 13.5. The highest BCUT2D eigenvalue weighted by molar-refractivity contribution is 5.50. The van der Waals surface area contributed by atoms with Crippen molar-refractivity contribution in [3.05, 3.63) is 39.8 Å². The van der Waals surface area contributed by atoms with Gasteiger partial charge in [-0.2, -0.15) is 5.26 Å². The Morgan fingerprint density at radius 2 is 2.22 bits per heavy atom. The van der Waals surface area contributed by atoms with Crippen LogP contribution in [0.2, 0.25) is 0 Å². The minimum atomic E-state index is -1.24. The van der Waals surface area contributed by atoms with Gasteiger partial charge in [-0.1, -0.05) is 5.11 Å². The van der Waals surface area contributed by atoms with Crippen LogP contribution in [0.15, 0.2) is 23.3 Å². The normalized spacial score (nSPS) is 13.2. The molecule has 1 aromatic carbocycles. The monoisotopic (exact) mass is 247 g/mol. The molecule has 1 aromatic rings. The summed E-state index contributed by atoms with van der Waals surface area (Å²) < 4.78 is 0. The lowest BCUT2D eigenvalue weighted by molar-refractivity contribution is 0.0149. The van der Waals surface area contributed by atoms with E-state index in [9.17, 15) is 10.2 Å². The molecule has 0 aliphatic heterocycles. The summed E-state index contributed by atoms with van der Waals surface area (Å²) in [6, 6.07) is 6.38. The molecular formula is C11H13N5O2. The number of aliphatic hydroxyl groups excluding tert-OH is 2. The van der Waals surface area contributed by atoms with Crippen LogP contribution in [-0.2, 0) is 0 Å². The van der Waals surface area contributed by atoms with E-state index in [1.807, 2.05) is 6.07 Å². The number of azide groups is 1. The van der Waals surface area contributed by atoms with Crippen molar-refractivity contribution in [3.63, 3.8) is 0 Å². The Morgan fingerprint density at radius 3 is 2.83 bits per heavy atom. The van der Waals surface area contributed by atoms with Crippen LogP contribution in [-0.4, -0.2) is 22.9 Å². The van der Waals surface area contributed by atoms with Crippen molar-refractivity contribution in [1.82, 2.24) is 0 Å². The van der Waals surface area contributed by atoms with Crippen molar-refractivity contribution >= 4 is 5.69 Å². The van der Waals surface area contributed by atoms with Crippen molar-refractivity contribution in [3.8, 4) is 6.07 Å². The Morgan fingerprint density at radius 1 is 1.50 bits per heavy atom. The molecule has 0 saturated carbocycles. The molecule has 0 amide bonds. The molecule has 0 bridgehead atoms. The first-order valence-corrected chi connectivity index (χ1v) is 5.26. The Hall–Kier alpha value is -2.26. The molecule has 7 heteroatoms. The molecule has 4 N–H and O–H groups in total. The molecule has 0 radical (unpaired) electrons. The van der Waals surface area contributed by atoms with E-state index in [4.69, 9.17) is 16.5 Å². The van der Waals surface area contributed by atoms with Gasteiger partial charge in [-0.15, -0.1) is 0 Å². The highest BCUT2D eigenvalue weighted by atomic mass is 16.3. The molecule has 0 aromatic heterocycles. The summed E-state index contributed by atoms with van der Waals surface area (Å²) in [5, 5.41) is 31.8. The molecule has 2 unspecified atom stereocenters. The van der Waals surface area contributed by atoms with E-state index in [0.29, 0.717) is 5.69 Å². The quantitative estimate of drug-likeness (QED) is 0.311. The Balaban J connectivity index is 2.88. The van der Waals surface area contributed by atoms with Crippen molar-refractivity contribution < 1.29 is 10.2 Å². The molecule has 0 aliphatic rings. The van der Waals surface area contributed by atoms with Gasteiger partial charge in [0.1, 0.15) is 6.10 Å². The Bertz CT molecular complexity index is 505. The molecule has 0 saturated heterocycles. The van der Waals surface area contributed by atoms with Crippen LogP contribution in [0.25, 0.3) is 10.4 Å². The summed E-state index contributed by atoms with van der Waals surface area (Å²) in [5.41, 5.74) is 14.6. The Labute approximate surface area is 104 Å². The van der Waals surface area contributed by atoms with Crippen LogP contribution in [0.4, 0.5) is 5.69 Å². The minimum absolute atomic E-state index is 0.0684. The first-order valence-electron chi connectivity index (χ1n) is 5.26. The van der Waals surface area contributed by atoms with E-state index in [-0.39, 0.29) is 24.1 Å². The van der Waals surface area contributed by atoms with Crippen LogP contribution >= 0.6 is 0 Å². The van der Waals surface area contributed by atoms with Gasteiger partial charge in [0, 0.05) is 22.7 Å². The van der Waals surface area contributed by atoms with E-state index >= 15 is 0 Å². The number of nitriles is 1.